The van der Waals surface area contributed by atoms with Gasteiger partial charge in [-0.3, -0.25) is 9.78 Å². The fourth-order valence-electron chi connectivity index (χ4n) is 3.49. The first-order valence-corrected chi connectivity index (χ1v) is 9.43. The Labute approximate surface area is 180 Å². The van der Waals surface area contributed by atoms with Crippen LogP contribution in [0.25, 0.3) is 10.8 Å². The van der Waals surface area contributed by atoms with Crippen molar-refractivity contribution in [2.45, 2.75) is 39.2 Å². The number of ether oxygens (including phenoxy) is 3. The minimum absolute atomic E-state index is 0. The lowest BCUT2D eigenvalue weighted by Crippen LogP contribution is -2.33. The number of carbonyl (C=O) groups excluding carboxylic acids is 2. The second kappa shape index (κ2) is 8.32. The highest BCUT2D eigenvalue weighted by molar-refractivity contribution is 6.01. The third kappa shape index (κ3) is 4.09. The van der Waals surface area contributed by atoms with Gasteiger partial charge in [-0.2, -0.15) is 0 Å². The zero-order valence-corrected chi connectivity index (χ0v) is 17.7. The van der Waals surface area contributed by atoms with Crippen molar-refractivity contribution in [1.29, 1.82) is 0 Å². The summed E-state index contributed by atoms with van der Waals surface area (Å²) in [4.78, 5) is 28.6. The van der Waals surface area contributed by atoms with Crippen molar-refractivity contribution in [3.63, 3.8) is 0 Å². The summed E-state index contributed by atoms with van der Waals surface area (Å²) < 4.78 is 17.6. The smallest absolute Gasteiger partial charge is 0.345 e. The van der Waals surface area contributed by atoms with E-state index < -0.39 is 11.9 Å². The number of esters is 2. The van der Waals surface area contributed by atoms with Crippen LogP contribution in [0, 0.1) is 0 Å². The molecule has 1 aliphatic rings. The summed E-state index contributed by atoms with van der Waals surface area (Å²) in [5.41, 5.74) is 0.685. The Morgan fingerprint density at radius 3 is 2.43 bits per heavy atom. The number of carbonyl (C=O) groups is 2. The Morgan fingerprint density at radius 1 is 1.03 bits per heavy atom. The van der Waals surface area contributed by atoms with Crippen LogP contribution in [0.5, 0.6) is 17.2 Å². The first-order chi connectivity index (χ1) is 13.9. The largest absolute Gasteiger partial charge is 0.487 e. The maximum Gasteiger partial charge on any atom is 0.345 e. The Balaban J connectivity index is 0.00000256. The standard InChI is InChI=1S/C23H21NO5.ClH/c1-14(25)27-21-18-10-11-23(2,3)29-19(18)16-8-4-5-9-17(16)20(21)28-22(26)15-7-6-12-24-13-15;/h4-9,12-13H,10-11H2,1-3H3;1H. The quantitative estimate of drug-likeness (QED) is 0.437. The third-order valence-corrected chi connectivity index (χ3v) is 4.86. The molecular formula is C23H22ClNO5. The molecule has 0 N–H and O–H groups in total. The molecular weight excluding hydrogens is 406 g/mol. The highest BCUT2D eigenvalue weighted by Gasteiger charge is 2.34. The van der Waals surface area contributed by atoms with Gasteiger partial charge in [0.25, 0.3) is 0 Å². The Kier molecular flexibility index (Phi) is 5.99. The number of aromatic nitrogens is 1. The molecule has 0 spiro atoms. The highest BCUT2D eigenvalue weighted by atomic mass is 35.5. The Hall–Kier alpha value is -3.12. The van der Waals surface area contributed by atoms with Crippen molar-refractivity contribution in [2.24, 2.45) is 0 Å². The van der Waals surface area contributed by atoms with E-state index in [1.54, 1.807) is 18.3 Å². The summed E-state index contributed by atoms with van der Waals surface area (Å²) >= 11 is 0. The molecule has 0 atom stereocenters. The zero-order chi connectivity index (χ0) is 20.6. The van der Waals surface area contributed by atoms with E-state index in [2.05, 4.69) is 4.98 Å². The average Bonchev–Trinajstić information content (AvgIpc) is 2.70. The molecule has 0 fully saturated rings. The topological polar surface area (TPSA) is 74.7 Å². The summed E-state index contributed by atoms with van der Waals surface area (Å²) in [5.74, 6) is 0.0413. The van der Waals surface area contributed by atoms with E-state index in [1.807, 2.05) is 38.1 Å². The number of halogens is 1. The number of hydrogen-bond donors (Lipinski definition) is 0. The molecule has 0 unspecified atom stereocenters. The molecule has 0 saturated heterocycles. The monoisotopic (exact) mass is 427 g/mol. The molecule has 0 radical (unpaired) electrons. The van der Waals surface area contributed by atoms with Gasteiger partial charge in [0.2, 0.25) is 0 Å². The van der Waals surface area contributed by atoms with Crippen molar-refractivity contribution < 1.29 is 23.8 Å². The molecule has 0 saturated carbocycles. The van der Waals surface area contributed by atoms with Crippen LogP contribution in [0.15, 0.2) is 48.8 Å². The predicted octanol–water partition coefficient (Wildman–Crippen LogP) is 4.90. The van der Waals surface area contributed by atoms with Gasteiger partial charge in [-0.25, -0.2) is 4.79 Å². The molecule has 0 aliphatic carbocycles. The molecule has 2 aromatic carbocycles. The van der Waals surface area contributed by atoms with Crippen molar-refractivity contribution >= 4 is 35.1 Å². The average molecular weight is 428 g/mol. The second-order valence-corrected chi connectivity index (χ2v) is 7.60. The number of rotatable bonds is 3. The number of nitrogens with zero attached hydrogens (tertiary/aromatic N) is 1. The van der Waals surface area contributed by atoms with Crippen molar-refractivity contribution in [2.75, 3.05) is 0 Å². The fraction of sp³-hybridized carbons (Fsp3) is 0.261. The predicted molar refractivity (Wildman–Crippen MR) is 115 cm³/mol. The van der Waals surface area contributed by atoms with E-state index >= 15 is 0 Å². The van der Waals surface area contributed by atoms with Crippen LogP contribution >= 0.6 is 12.4 Å². The van der Waals surface area contributed by atoms with Crippen LogP contribution in [-0.2, 0) is 11.2 Å². The van der Waals surface area contributed by atoms with Crippen molar-refractivity contribution in [1.82, 2.24) is 4.98 Å². The maximum atomic E-state index is 12.7. The van der Waals surface area contributed by atoms with Crippen LogP contribution < -0.4 is 14.2 Å². The van der Waals surface area contributed by atoms with E-state index in [1.165, 1.54) is 13.1 Å². The summed E-state index contributed by atoms with van der Waals surface area (Å²) in [7, 11) is 0. The van der Waals surface area contributed by atoms with Crippen LogP contribution in [0.1, 0.15) is 43.1 Å². The molecule has 1 aliphatic heterocycles. The zero-order valence-electron chi connectivity index (χ0n) is 16.9. The van der Waals surface area contributed by atoms with Crippen LogP contribution in [0.4, 0.5) is 0 Å². The van der Waals surface area contributed by atoms with Crippen LogP contribution in [-0.4, -0.2) is 22.5 Å². The molecule has 1 aromatic heterocycles. The van der Waals surface area contributed by atoms with E-state index in [0.29, 0.717) is 23.1 Å². The van der Waals surface area contributed by atoms with Gasteiger partial charge < -0.3 is 14.2 Å². The van der Waals surface area contributed by atoms with Gasteiger partial charge in [0.05, 0.1) is 5.56 Å². The van der Waals surface area contributed by atoms with E-state index in [-0.39, 0.29) is 29.5 Å². The van der Waals surface area contributed by atoms with E-state index in [0.717, 1.165) is 17.4 Å². The van der Waals surface area contributed by atoms with Gasteiger partial charge in [-0.05, 0) is 38.8 Å². The van der Waals surface area contributed by atoms with Crippen molar-refractivity contribution in [3.8, 4) is 17.2 Å². The highest BCUT2D eigenvalue weighted by Crippen LogP contribution is 2.50. The fourth-order valence-corrected chi connectivity index (χ4v) is 3.49. The maximum absolute atomic E-state index is 12.7. The van der Waals surface area contributed by atoms with Gasteiger partial charge >= 0.3 is 11.9 Å². The van der Waals surface area contributed by atoms with E-state index in [4.69, 9.17) is 14.2 Å². The SMILES string of the molecule is CC(=O)Oc1c2c(c3ccccc3c1OC(=O)c1cccnc1)OC(C)(C)CC2.Cl. The summed E-state index contributed by atoms with van der Waals surface area (Å²) in [6.45, 7) is 5.36. The molecule has 0 amide bonds. The lowest BCUT2D eigenvalue weighted by molar-refractivity contribution is -0.132. The molecule has 3 aromatic rings. The second-order valence-electron chi connectivity index (χ2n) is 7.60. The minimum Gasteiger partial charge on any atom is -0.487 e. The molecule has 6 nitrogen and oxygen atoms in total. The Bertz CT molecular complexity index is 1110. The number of benzene rings is 2. The molecule has 7 heteroatoms. The summed E-state index contributed by atoms with van der Waals surface area (Å²) in [5, 5.41) is 1.44. The van der Waals surface area contributed by atoms with Crippen LogP contribution in [0.3, 0.4) is 0 Å². The molecule has 30 heavy (non-hydrogen) atoms. The van der Waals surface area contributed by atoms with Gasteiger partial charge in [0.1, 0.15) is 11.4 Å². The van der Waals surface area contributed by atoms with Gasteiger partial charge in [0, 0.05) is 35.7 Å². The minimum atomic E-state index is -0.575. The first-order valence-electron chi connectivity index (χ1n) is 9.43. The molecule has 2 heterocycles. The van der Waals surface area contributed by atoms with E-state index in [9.17, 15) is 9.59 Å². The lowest BCUT2D eigenvalue weighted by atomic mass is 9.91. The van der Waals surface area contributed by atoms with Crippen molar-refractivity contribution in [3.05, 3.63) is 59.9 Å². The Morgan fingerprint density at radius 2 is 1.77 bits per heavy atom. The normalized spacial score (nSPS) is 14.1. The summed E-state index contributed by atoms with van der Waals surface area (Å²) in [6.07, 6.45) is 4.38. The van der Waals surface area contributed by atoms with Crippen LogP contribution in [0.2, 0.25) is 0 Å². The lowest BCUT2D eigenvalue weighted by Gasteiger charge is -2.34. The van der Waals surface area contributed by atoms with Gasteiger partial charge in [-0.1, -0.05) is 24.3 Å². The van der Waals surface area contributed by atoms with Gasteiger partial charge in [-0.15, -0.1) is 12.4 Å². The van der Waals surface area contributed by atoms with Gasteiger partial charge in [0.15, 0.2) is 11.5 Å². The first kappa shape index (κ1) is 21.6. The molecule has 4 rings (SSSR count). The molecule has 0 bridgehead atoms. The third-order valence-electron chi connectivity index (χ3n) is 4.86. The number of fused-ring (bicyclic) bond motifs is 3. The number of pyridine rings is 1. The molecule has 156 valence electrons. The summed E-state index contributed by atoms with van der Waals surface area (Å²) in [6, 6.07) is 10.7. The number of hydrogen-bond acceptors (Lipinski definition) is 6.